The van der Waals surface area contributed by atoms with Gasteiger partial charge in [-0.25, -0.2) is 9.59 Å². The zero-order chi connectivity index (χ0) is 16.5. The molecule has 4 heteroatoms. The molecule has 0 radical (unpaired) electrons. The van der Waals surface area contributed by atoms with Gasteiger partial charge in [-0.2, -0.15) is 0 Å². The Morgan fingerprint density at radius 2 is 1.18 bits per heavy atom. The van der Waals surface area contributed by atoms with Gasteiger partial charge in [-0.05, 0) is 36.8 Å². The van der Waals surface area contributed by atoms with Gasteiger partial charge in [-0.3, -0.25) is 0 Å². The summed E-state index contributed by atoms with van der Waals surface area (Å²) in [5.41, 5.74) is 2.46. The van der Waals surface area contributed by atoms with Crippen molar-refractivity contribution in [2.75, 3.05) is 14.2 Å². The maximum absolute atomic E-state index is 12.2. The first-order valence-electron chi connectivity index (χ1n) is 7.91. The average Bonchev–Trinajstić information content (AvgIpc) is 2.56. The van der Waals surface area contributed by atoms with Gasteiger partial charge in [-0.1, -0.05) is 38.8 Å². The van der Waals surface area contributed by atoms with Crippen LogP contribution >= 0.6 is 0 Å². The molecule has 0 unspecified atom stereocenters. The summed E-state index contributed by atoms with van der Waals surface area (Å²) in [6, 6.07) is 3.89. The van der Waals surface area contributed by atoms with Gasteiger partial charge in [0.15, 0.2) is 0 Å². The van der Waals surface area contributed by atoms with Crippen molar-refractivity contribution in [2.24, 2.45) is 0 Å². The summed E-state index contributed by atoms with van der Waals surface area (Å²) in [6.07, 6.45) is 5.45. The molecule has 122 valence electrons. The van der Waals surface area contributed by atoms with Crippen LogP contribution in [0, 0.1) is 0 Å². The minimum atomic E-state index is -0.468. The fourth-order valence-corrected chi connectivity index (χ4v) is 2.51. The van der Waals surface area contributed by atoms with Gasteiger partial charge in [0.2, 0.25) is 0 Å². The van der Waals surface area contributed by atoms with Gasteiger partial charge >= 0.3 is 11.9 Å². The van der Waals surface area contributed by atoms with Gasteiger partial charge < -0.3 is 9.47 Å². The van der Waals surface area contributed by atoms with Crippen molar-refractivity contribution in [1.82, 2.24) is 0 Å². The molecule has 0 aliphatic rings. The van der Waals surface area contributed by atoms with Gasteiger partial charge in [0.25, 0.3) is 0 Å². The summed E-state index contributed by atoms with van der Waals surface area (Å²) < 4.78 is 9.81. The lowest BCUT2D eigenvalue weighted by atomic mass is 9.91. The summed E-state index contributed by atoms with van der Waals surface area (Å²) in [5.74, 6) is -0.935. The van der Waals surface area contributed by atoms with Crippen molar-refractivity contribution in [1.29, 1.82) is 0 Å². The maximum atomic E-state index is 12.2. The molecule has 0 N–H and O–H groups in total. The maximum Gasteiger partial charge on any atom is 0.339 e. The highest BCUT2D eigenvalue weighted by molar-refractivity contribution is 6.05. The Bertz CT molecular complexity index is 473. The van der Waals surface area contributed by atoms with Crippen LogP contribution in [0.25, 0.3) is 0 Å². The van der Waals surface area contributed by atoms with Gasteiger partial charge in [-0.15, -0.1) is 0 Å². The molecule has 0 spiro atoms. The molecule has 1 aromatic rings. The predicted octanol–water partition coefficient (Wildman–Crippen LogP) is 3.95. The van der Waals surface area contributed by atoms with Crippen LogP contribution < -0.4 is 0 Å². The fraction of sp³-hybridized carbons (Fsp3) is 0.556. The minimum Gasteiger partial charge on any atom is -0.465 e. The van der Waals surface area contributed by atoms with Crippen LogP contribution in [0.5, 0.6) is 0 Å². The first-order valence-corrected chi connectivity index (χ1v) is 7.91. The number of ether oxygens (including phenoxy) is 2. The Labute approximate surface area is 132 Å². The van der Waals surface area contributed by atoms with Crippen molar-refractivity contribution < 1.29 is 19.1 Å². The average molecular weight is 306 g/mol. The molecule has 22 heavy (non-hydrogen) atoms. The van der Waals surface area contributed by atoms with E-state index in [0.29, 0.717) is 11.1 Å². The van der Waals surface area contributed by atoms with E-state index in [-0.39, 0.29) is 0 Å². The van der Waals surface area contributed by atoms with E-state index in [1.54, 1.807) is 0 Å². The summed E-state index contributed by atoms with van der Waals surface area (Å²) in [5, 5.41) is 0. The monoisotopic (exact) mass is 306 g/mol. The second-order valence-corrected chi connectivity index (χ2v) is 5.32. The van der Waals surface area contributed by atoms with E-state index >= 15 is 0 Å². The Balaban J connectivity index is 3.43. The highest BCUT2D eigenvalue weighted by Gasteiger charge is 2.25. The number of carbonyl (C=O) groups excluding carboxylic acids is 2. The molecule has 0 aliphatic carbocycles. The molecule has 1 rings (SSSR count). The molecule has 0 fully saturated rings. The largest absolute Gasteiger partial charge is 0.465 e. The summed E-state index contributed by atoms with van der Waals surface area (Å²) in [7, 11) is 2.68. The van der Waals surface area contributed by atoms with Crippen molar-refractivity contribution in [3.8, 4) is 0 Å². The number of aryl methyl sites for hydroxylation is 2. The zero-order valence-electron chi connectivity index (χ0n) is 14.0. The van der Waals surface area contributed by atoms with E-state index in [0.717, 1.165) is 49.7 Å². The fourth-order valence-electron chi connectivity index (χ4n) is 2.51. The lowest BCUT2D eigenvalue weighted by Crippen LogP contribution is -2.17. The highest BCUT2D eigenvalue weighted by atomic mass is 16.5. The molecule has 1 aromatic carbocycles. The SMILES string of the molecule is CCCCc1ccc(CCCC)c(C(=O)OC)c1C(=O)OC. The second kappa shape index (κ2) is 9.23. The molecule has 0 heterocycles. The van der Waals surface area contributed by atoms with Gasteiger partial charge in [0, 0.05) is 0 Å². The summed E-state index contributed by atoms with van der Waals surface area (Å²) in [4.78, 5) is 24.5. The molecule has 4 nitrogen and oxygen atoms in total. The first-order chi connectivity index (χ1) is 10.6. The third-order valence-electron chi connectivity index (χ3n) is 3.76. The third-order valence-corrected chi connectivity index (χ3v) is 3.76. The molecule has 0 saturated carbocycles. The lowest BCUT2D eigenvalue weighted by molar-refractivity contribution is 0.0553. The topological polar surface area (TPSA) is 52.6 Å². The number of esters is 2. The first kappa shape index (κ1) is 18.2. The standard InChI is InChI=1S/C18H26O4/c1-5-7-9-13-11-12-14(10-8-6-2)16(18(20)22-4)15(13)17(19)21-3/h11-12H,5-10H2,1-4H3. The third kappa shape index (κ3) is 4.33. The van der Waals surface area contributed by atoms with Crippen LogP contribution in [-0.2, 0) is 22.3 Å². The van der Waals surface area contributed by atoms with E-state index in [1.807, 2.05) is 12.1 Å². The Kier molecular flexibility index (Phi) is 7.64. The van der Waals surface area contributed by atoms with Crippen molar-refractivity contribution in [3.63, 3.8) is 0 Å². The van der Waals surface area contributed by atoms with Crippen LogP contribution in [-0.4, -0.2) is 26.2 Å². The molecule has 0 aliphatic heterocycles. The van der Waals surface area contributed by atoms with Crippen LogP contribution in [0.3, 0.4) is 0 Å². The van der Waals surface area contributed by atoms with Crippen LogP contribution in [0.4, 0.5) is 0 Å². The number of rotatable bonds is 8. The summed E-state index contributed by atoms with van der Waals surface area (Å²) >= 11 is 0. The normalized spacial score (nSPS) is 10.4. The molecular weight excluding hydrogens is 280 g/mol. The van der Waals surface area contributed by atoms with Crippen LogP contribution in [0.2, 0.25) is 0 Å². The molecule has 0 saturated heterocycles. The molecule has 0 atom stereocenters. The number of benzene rings is 1. The smallest absolute Gasteiger partial charge is 0.339 e. The van der Waals surface area contributed by atoms with E-state index < -0.39 is 11.9 Å². The number of hydrogen-bond acceptors (Lipinski definition) is 4. The van der Waals surface area contributed by atoms with Crippen molar-refractivity contribution in [2.45, 2.75) is 52.4 Å². The number of unbranched alkanes of at least 4 members (excludes halogenated alkanes) is 2. The van der Waals surface area contributed by atoms with Crippen molar-refractivity contribution >= 4 is 11.9 Å². The molecule has 0 aromatic heterocycles. The number of hydrogen-bond donors (Lipinski definition) is 0. The number of carbonyl (C=O) groups is 2. The highest BCUT2D eigenvalue weighted by Crippen LogP contribution is 2.24. The minimum absolute atomic E-state index is 0.372. The van der Waals surface area contributed by atoms with Gasteiger partial charge in [0.1, 0.15) is 0 Å². The quantitative estimate of drug-likeness (QED) is 0.682. The predicted molar refractivity (Wildman–Crippen MR) is 86.3 cm³/mol. The second-order valence-electron chi connectivity index (χ2n) is 5.32. The molecule has 0 bridgehead atoms. The van der Waals surface area contributed by atoms with E-state index in [9.17, 15) is 9.59 Å². The van der Waals surface area contributed by atoms with E-state index in [4.69, 9.17) is 9.47 Å². The zero-order valence-corrected chi connectivity index (χ0v) is 14.0. The lowest BCUT2D eigenvalue weighted by Gasteiger charge is -2.16. The van der Waals surface area contributed by atoms with Crippen LogP contribution in [0.1, 0.15) is 71.4 Å². The Morgan fingerprint density at radius 3 is 1.45 bits per heavy atom. The van der Waals surface area contributed by atoms with Gasteiger partial charge in [0.05, 0.1) is 25.3 Å². The Hall–Kier alpha value is -1.84. The molecule has 0 amide bonds. The van der Waals surface area contributed by atoms with E-state index in [2.05, 4.69) is 13.8 Å². The summed E-state index contributed by atoms with van der Waals surface area (Å²) in [6.45, 7) is 4.18. The Morgan fingerprint density at radius 1 is 0.818 bits per heavy atom. The number of methoxy groups -OCH3 is 2. The molecular formula is C18H26O4. The van der Waals surface area contributed by atoms with E-state index in [1.165, 1.54) is 14.2 Å². The van der Waals surface area contributed by atoms with Crippen LogP contribution in [0.15, 0.2) is 12.1 Å². The van der Waals surface area contributed by atoms with Crippen molar-refractivity contribution in [3.05, 3.63) is 34.4 Å².